The third-order valence-corrected chi connectivity index (χ3v) is 27.0. The number of nitrogens with zero attached hydrogens (tertiary/aromatic N) is 2. The summed E-state index contributed by atoms with van der Waals surface area (Å²) in [6.07, 6.45) is 0. The Morgan fingerprint density at radius 1 is 0.165 bits per heavy atom. The summed E-state index contributed by atoms with van der Waals surface area (Å²) in [5.41, 5.74) is 38.6. The van der Waals surface area contributed by atoms with E-state index in [0.717, 1.165) is 133 Å². The zero-order valence-corrected chi connectivity index (χ0v) is 70.7. The maximum Gasteiger partial charge on any atom is 0.143 e. The average molecular weight is 1630 g/mol. The molecule has 0 atom stereocenters. The molecule has 0 saturated heterocycles. The van der Waals surface area contributed by atoms with Crippen LogP contribution in [0.25, 0.3) is 188 Å². The van der Waals surface area contributed by atoms with Crippen LogP contribution in [0.15, 0.2) is 450 Å². The van der Waals surface area contributed by atoms with Crippen molar-refractivity contribution in [2.75, 3.05) is 9.80 Å². The summed E-state index contributed by atoms with van der Waals surface area (Å²) >= 11 is 0. The number of hydrogen-bond acceptors (Lipinski definition) is 5. The van der Waals surface area contributed by atoms with Gasteiger partial charge in [0.15, 0.2) is 0 Å². The van der Waals surface area contributed by atoms with Gasteiger partial charge in [-0.2, -0.15) is 0 Å². The average Bonchev–Trinajstić information content (AvgIpc) is 1.58. The van der Waals surface area contributed by atoms with Crippen molar-refractivity contribution in [1.82, 2.24) is 0 Å². The Labute approximate surface area is 737 Å². The molecule has 2 aliphatic carbocycles. The van der Waals surface area contributed by atoms with Crippen molar-refractivity contribution in [3.63, 3.8) is 0 Å². The zero-order chi connectivity index (χ0) is 84.6. The second kappa shape index (κ2) is 29.9. The predicted octanol–water partition coefficient (Wildman–Crippen LogP) is 34.6. The molecule has 0 fully saturated rings. The van der Waals surface area contributed by atoms with Crippen LogP contribution in [0.4, 0.5) is 34.1 Å². The summed E-state index contributed by atoms with van der Waals surface area (Å²) in [5, 5.41) is 11.5. The SMILES string of the molecule is CC1(C)c2cc(-c3ccccc3)ccc2-c2ccc(N(c3ccc4c(c3)C(C)(C)c3cc(-c5ccccc5)ccc3-4)c3ccc(-c4cccc5c4oc4ccccc45)c4ccccc34)cc21.c1ccc(-c2ccc(-c3ccc(N(c4ccc(-c5cccc6c5oc5ccccc56)cc4)c4ccc(-c5cccc6c5oc5ccccc56)cc4)c4ccccc34)cc2)cc1. The number of furan rings is 3. The molecule has 0 aliphatic heterocycles. The van der Waals surface area contributed by atoms with E-state index in [1.54, 1.807) is 0 Å². The summed E-state index contributed by atoms with van der Waals surface area (Å²) in [5.74, 6) is 0. The van der Waals surface area contributed by atoms with Gasteiger partial charge in [-0.15, -0.1) is 0 Å². The lowest BCUT2D eigenvalue weighted by Gasteiger charge is -2.31. The minimum Gasteiger partial charge on any atom is -0.455 e. The fourth-order valence-corrected chi connectivity index (χ4v) is 20.6. The Bertz CT molecular complexity index is 7990. The molecular weight excluding hydrogens is 1540 g/mol. The van der Waals surface area contributed by atoms with E-state index < -0.39 is 0 Å². The molecule has 600 valence electrons. The molecule has 25 rings (SSSR count). The van der Waals surface area contributed by atoms with E-state index in [-0.39, 0.29) is 10.8 Å². The predicted molar refractivity (Wildman–Crippen MR) is 532 cm³/mol. The van der Waals surface area contributed by atoms with Crippen LogP contribution in [0.3, 0.4) is 0 Å². The van der Waals surface area contributed by atoms with Crippen LogP contribution < -0.4 is 9.80 Å². The van der Waals surface area contributed by atoms with Crippen LogP contribution >= 0.6 is 0 Å². The standard InChI is InChI=1S/C64H47NO.C58H37NO2/c1-63(2)56-36-42(40-16-7-5-8-17-40)26-30-48(56)50-32-28-44(38-58(50)63)65(45-29-33-51-49-31-27-43(41-18-9-6-10-19-41)37-57(49)64(3,4)59(51)39-45)60-35-34-47(46-20-11-12-21-52(46)60)54-23-15-24-55-53-22-13-14-25-61(53)66-62(54)55;1-2-12-38(13-3-1)39-24-26-40(27-25-39)45-36-37-54(49-15-5-4-14-48(45)49)59(43-32-28-41(29-33-43)46-18-10-20-52-50-16-6-8-22-55(50)60-57(46)52)44-34-30-42(31-35-44)47-19-11-21-53-51-17-7-9-23-56(51)61-58(47)53/h5-39H,1-4H3;1-37H. The first-order chi connectivity index (χ1) is 62.5. The number of para-hydroxylation sites is 6. The molecule has 5 heteroatoms. The van der Waals surface area contributed by atoms with E-state index in [1.807, 2.05) is 30.3 Å². The highest BCUT2D eigenvalue weighted by Crippen LogP contribution is 2.57. The molecule has 20 aromatic carbocycles. The molecule has 23 aromatic rings. The van der Waals surface area contributed by atoms with Gasteiger partial charge >= 0.3 is 0 Å². The molecule has 0 radical (unpaired) electrons. The van der Waals surface area contributed by atoms with Crippen molar-refractivity contribution in [1.29, 1.82) is 0 Å². The van der Waals surface area contributed by atoms with E-state index in [1.165, 1.54) is 111 Å². The van der Waals surface area contributed by atoms with Gasteiger partial charge in [0.05, 0.1) is 11.4 Å². The third kappa shape index (κ3) is 12.4. The molecule has 0 bridgehead atoms. The molecule has 3 aromatic heterocycles. The van der Waals surface area contributed by atoms with Crippen LogP contribution in [0.1, 0.15) is 49.9 Å². The fraction of sp³-hybridized carbons (Fsp3) is 0.0492. The first kappa shape index (κ1) is 74.7. The lowest BCUT2D eigenvalue weighted by molar-refractivity contribution is 0.660. The molecule has 2 aliphatic rings. The number of rotatable bonds is 13. The van der Waals surface area contributed by atoms with E-state index in [9.17, 15) is 0 Å². The topological polar surface area (TPSA) is 45.9 Å². The molecular formula is C122H84N2O3. The van der Waals surface area contributed by atoms with Gasteiger partial charge in [0.2, 0.25) is 0 Å². The third-order valence-electron chi connectivity index (χ3n) is 27.0. The van der Waals surface area contributed by atoms with Crippen LogP contribution in [0.5, 0.6) is 0 Å². The number of hydrogen-bond donors (Lipinski definition) is 0. The van der Waals surface area contributed by atoms with E-state index in [0.29, 0.717) is 0 Å². The van der Waals surface area contributed by atoms with Crippen LogP contribution in [0.2, 0.25) is 0 Å². The minimum atomic E-state index is -0.216. The molecule has 0 unspecified atom stereocenters. The fourth-order valence-electron chi connectivity index (χ4n) is 20.6. The monoisotopic (exact) mass is 1620 g/mol. The number of anilines is 6. The van der Waals surface area contributed by atoms with Gasteiger partial charge in [-0.1, -0.05) is 373 Å². The van der Waals surface area contributed by atoms with Gasteiger partial charge in [-0.3, -0.25) is 0 Å². The smallest absolute Gasteiger partial charge is 0.143 e. The molecule has 5 nitrogen and oxygen atoms in total. The second-order valence-electron chi connectivity index (χ2n) is 34.9. The van der Waals surface area contributed by atoms with Crippen molar-refractivity contribution < 1.29 is 13.3 Å². The Morgan fingerprint density at radius 2 is 0.433 bits per heavy atom. The minimum absolute atomic E-state index is 0.216. The van der Waals surface area contributed by atoms with Gasteiger partial charge in [-0.05, 0) is 207 Å². The summed E-state index contributed by atoms with van der Waals surface area (Å²) < 4.78 is 19.5. The summed E-state index contributed by atoms with van der Waals surface area (Å²) in [6, 6.07) is 158. The van der Waals surface area contributed by atoms with E-state index in [2.05, 4.69) is 444 Å². The molecule has 3 heterocycles. The summed E-state index contributed by atoms with van der Waals surface area (Å²) in [4.78, 5) is 4.89. The second-order valence-corrected chi connectivity index (χ2v) is 34.9. The van der Waals surface area contributed by atoms with Crippen LogP contribution in [-0.2, 0) is 10.8 Å². The number of fused-ring (bicyclic) bond motifs is 17. The van der Waals surface area contributed by atoms with Crippen molar-refractivity contribution >= 4 is 121 Å². The normalized spacial score (nSPS) is 12.9. The van der Waals surface area contributed by atoms with Gasteiger partial charge in [0, 0.05) is 93.4 Å². The van der Waals surface area contributed by atoms with Gasteiger partial charge < -0.3 is 23.1 Å². The van der Waals surface area contributed by atoms with Crippen LogP contribution in [-0.4, -0.2) is 0 Å². The molecule has 0 spiro atoms. The van der Waals surface area contributed by atoms with E-state index in [4.69, 9.17) is 13.3 Å². The van der Waals surface area contributed by atoms with E-state index >= 15 is 0 Å². The highest BCUT2D eigenvalue weighted by atomic mass is 16.3. The van der Waals surface area contributed by atoms with Gasteiger partial charge in [0.25, 0.3) is 0 Å². The summed E-state index contributed by atoms with van der Waals surface area (Å²) in [7, 11) is 0. The van der Waals surface area contributed by atoms with Gasteiger partial charge in [0.1, 0.15) is 33.5 Å². The van der Waals surface area contributed by atoms with Crippen molar-refractivity contribution in [3.8, 4) is 100 Å². The Hall–Kier alpha value is -16.1. The molecule has 127 heavy (non-hydrogen) atoms. The maximum atomic E-state index is 6.64. The zero-order valence-electron chi connectivity index (χ0n) is 70.7. The van der Waals surface area contributed by atoms with Crippen molar-refractivity contribution in [2.45, 2.75) is 38.5 Å². The van der Waals surface area contributed by atoms with Gasteiger partial charge in [-0.25, -0.2) is 0 Å². The quantitative estimate of drug-likeness (QED) is 0.115. The lowest BCUT2D eigenvalue weighted by Crippen LogP contribution is -2.18. The highest BCUT2D eigenvalue weighted by molar-refractivity contribution is 6.16. The molecule has 0 saturated carbocycles. The molecule has 0 N–H and O–H groups in total. The van der Waals surface area contributed by atoms with Crippen LogP contribution in [0, 0.1) is 0 Å². The maximum absolute atomic E-state index is 6.64. The Morgan fingerprint density at radius 3 is 0.858 bits per heavy atom. The lowest BCUT2D eigenvalue weighted by atomic mass is 9.81. The Kier molecular flexibility index (Phi) is 17.6. The van der Waals surface area contributed by atoms with Crippen molar-refractivity contribution in [2.24, 2.45) is 0 Å². The largest absolute Gasteiger partial charge is 0.455 e. The first-order valence-corrected chi connectivity index (χ1v) is 43.9. The number of benzene rings is 20. The van der Waals surface area contributed by atoms with Crippen molar-refractivity contribution in [3.05, 3.63) is 459 Å². The Balaban J connectivity index is 0.000000142. The molecule has 0 amide bonds. The summed E-state index contributed by atoms with van der Waals surface area (Å²) in [6.45, 7) is 9.56. The first-order valence-electron chi connectivity index (χ1n) is 43.9. The highest BCUT2D eigenvalue weighted by Gasteiger charge is 2.39.